The minimum atomic E-state index is -3.48. The molecular formula is C11H15NO4S. The summed E-state index contributed by atoms with van der Waals surface area (Å²) in [6, 6.07) is 5.55. The highest BCUT2D eigenvalue weighted by molar-refractivity contribution is 7.94. The monoisotopic (exact) mass is 257 g/mol. The van der Waals surface area contributed by atoms with Crippen LogP contribution >= 0.6 is 0 Å². The van der Waals surface area contributed by atoms with Crippen LogP contribution in [0, 0.1) is 0 Å². The summed E-state index contributed by atoms with van der Waals surface area (Å²) < 4.78 is 25.1. The van der Waals surface area contributed by atoms with Crippen molar-refractivity contribution in [2.24, 2.45) is 0 Å². The fraction of sp³-hybridized carbons (Fsp3) is 0.364. The zero-order valence-electron chi connectivity index (χ0n) is 9.89. The summed E-state index contributed by atoms with van der Waals surface area (Å²) in [6.45, 7) is 4.75. The van der Waals surface area contributed by atoms with Crippen molar-refractivity contribution in [1.82, 2.24) is 0 Å². The normalized spacial score (nSPS) is 12.2. The quantitative estimate of drug-likeness (QED) is 0.866. The Bertz CT molecular complexity index is 511. The topological polar surface area (TPSA) is 83.5 Å². The van der Waals surface area contributed by atoms with E-state index in [1.807, 2.05) is 0 Å². The summed E-state index contributed by atoms with van der Waals surface area (Å²) >= 11 is 0. The molecule has 0 unspecified atom stereocenters. The Kier molecular flexibility index (Phi) is 3.47. The maximum Gasteiger partial charge on any atom is 0.335 e. The number of carbonyl (C=O) groups is 1. The van der Waals surface area contributed by atoms with Gasteiger partial charge >= 0.3 is 5.97 Å². The Morgan fingerprint density at radius 2 is 1.65 bits per heavy atom. The Morgan fingerprint density at radius 3 is 2.00 bits per heavy atom. The van der Waals surface area contributed by atoms with Crippen molar-refractivity contribution in [1.29, 1.82) is 0 Å². The molecule has 0 aromatic heterocycles. The first kappa shape index (κ1) is 13.5. The molecule has 0 aliphatic carbocycles. The molecule has 0 saturated carbocycles. The molecule has 1 aromatic carbocycles. The van der Waals surface area contributed by atoms with E-state index in [9.17, 15) is 13.2 Å². The Morgan fingerprint density at radius 1 is 1.18 bits per heavy atom. The molecule has 0 bridgehead atoms. The van der Waals surface area contributed by atoms with E-state index in [4.69, 9.17) is 5.11 Å². The van der Waals surface area contributed by atoms with Crippen LogP contribution in [0.25, 0.3) is 0 Å². The highest BCUT2D eigenvalue weighted by Gasteiger charge is 2.28. The molecule has 6 heteroatoms. The number of anilines is 1. The molecule has 94 valence electrons. The summed E-state index contributed by atoms with van der Waals surface area (Å²) in [5.41, 5.74) is 0.466. The molecule has 0 aliphatic heterocycles. The second-order valence-corrected chi connectivity index (χ2v) is 7.04. The third kappa shape index (κ3) is 3.20. The van der Waals surface area contributed by atoms with Gasteiger partial charge in [-0.2, -0.15) is 0 Å². The average Bonchev–Trinajstić information content (AvgIpc) is 2.16. The van der Waals surface area contributed by atoms with Gasteiger partial charge < -0.3 is 5.11 Å². The highest BCUT2D eigenvalue weighted by Crippen LogP contribution is 2.19. The molecule has 0 aliphatic rings. The molecule has 0 spiro atoms. The molecule has 0 fully saturated rings. The number of hydrogen-bond donors (Lipinski definition) is 2. The number of benzene rings is 1. The molecule has 0 atom stereocenters. The molecule has 1 rings (SSSR count). The summed E-state index contributed by atoms with van der Waals surface area (Å²) in [6.07, 6.45) is 0. The van der Waals surface area contributed by atoms with E-state index in [2.05, 4.69) is 4.72 Å². The second kappa shape index (κ2) is 4.37. The Labute approximate surface area is 101 Å². The van der Waals surface area contributed by atoms with E-state index in [0.717, 1.165) is 0 Å². The first-order valence-corrected chi connectivity index (χ1v) is 6.47. The van der Waals surface area contributed by atoms with Gasteiger partial charge in [0.05, 0.1) is 10.3 Å². The SMILES string of the molecule is CC(C)(C)S(=O)(=O)Nc1ccc(C(=O)O)cc1. The minimum Gasteiger partial charge on any atom is -0.478 e. The maximum absolute atomic E-state index is 11.8. The lowest BCUT2D eigenvalue weighted by Crippen LogP contribution is -2.33. The van der Waals surface area contributed by atoms with Crippen molar-refractivity contribution in [3.05, 3.63) is 29.8 Å². The second-order valence-electron chi connectivity index (χ2n) is 4.60. The van der Waals surface area contributed by atoms with Crippen LogP contribution in [0.2, 0.25) is 0 Å². The van der Waals surface area contributed by atoms with Crippen molar-refractivity contribution >= 4 is 21.7 Å². The van der Waals surface area contributed by atoms with E-state index in [-0.39, 0.29) is 5.56 Å². The van der Waals surface area contributed by atoms with Crippen molar-refractivity contribution in [3.8, 4) is 0 Å². The number of carboxylic acid groups (broad SMARTS) is 1. The predicted octanol–water partition coefficient (Wildman–Crippen LogP) is 1.93. The molecule has 0 saturated heterocycles. The average molecular weight is 257 g/mol. The first-order chi connectivity index (χ1) is 7.63. The molecule has 5 nitrogen and oxygen atoms in total. The van der Waals surface area contributed by atoms with Crippen LogP contribution in [0.1, 0.15) is 31.1 Å². The molecule has 0 heterocycles. The number of nitrogens with one attached hydrogen (secondary N) is 1. The van der Waals surface area contributed by atoms with Gasteiger partial charge in [-0.25, -0.2) is 13.2 Å². The standard InChI is InChI=1S/C11H15NO4S/c1-11(2,3)17(15,16)12-9-6-4-8(5-7-9)10(13)14/h4-7,12H,1-3H3,(H,13,14). The van der Waals surface area contributed by atoms with E-state index >= 15 is 0 Å². The Hall–Kier alpha value is -1.56. The number of sulfonamides is 1. The largest absolute Gasteiger partial charge is 0.478 e. The lowest BCUT2D eigenvalue weighted by molar-refractivity contribution is 0.0697. The lowest BCUT2D eigenvalue weighted by atomic mass is 10.2. The van der Waals surface area contributed by atoms with E-state index < -0.39 is 20.7 Å². The molecule has 0 amide bonds. The first-order valence-electron chi connectivity index (χ1n) is 4.99. The summed E-state index contributed by atoms with van der Waals surface area (Å²) in [7, 11) is -3.48. The number of carboxylic acids is 1. The zero-order valence-corrected chi connectivity index (χ0v) is 10.7. The van der Waals surface area contributed by atoms with Crippen LogP contribution in [-0.2, 0) is 10.0 Å². The van der Waals surface area contributed by atoms with E-state index in [1.54, 1.807) is 20.8 Å². The van der Waals surface area contributed by atoms with Crippen LogP contribution in [0.5, 0.6) is 0 Å². The minimum absolute atomic E-state index is 0.115. The van der Waals surface area contributed by atoms with Gasteiger partial charge in [-0.15, -0.1) is 0 Å². The van der Waals surface area contributed by atoms with Crippen LogP contribution in [-0.4, -0.2) is 24.2 Å². The van der Waals surface area contributed by atoms with Crippen molar-refractivity contribution in [2.75, 3.05) is 4.72 Å². The van der Waals surface area contributed by atoms with Gasteiger partial charge in [0.15, 0.2) is 0 Å². The van der Waals surface area contributed by atoms with Crippen LogP contribution in [0.4, 0.5) is 5.69 Å². The van der Waals surface area contributed by atoms with Gasteiger partial charge in [0.1, 0.15) is 0 Å². The van der Waals surface area contributed by atoms with Gasteiger partial charge in [-0.05, 0) is 45.0 Å². The van der Waals surface area contributed by atoms with Gasteiger partial charge in [0, 0.05) is 5.69 Å². The van der Waals surface area contributed by atoms with Gasteiger partial charge in [0.2, 0.25) is 10.0 Å². The molecule has 17 heavy (non-hydrogen) atoms. The predicted molar refractivity (Wildman–Crippen MR) is 65.7 cm³/mol. The van der Waals surface area contributed by atoms with Gasteiger partial charge in [0.25, 0.3) is 0 Å². The zero-order chi connectivity index (χ0) is 13.3. The molecule has 0 radical (unpaired) electrons. The Balaban J connectivity index is 2.95. The number of rotatable bonds is 3. The van der Waals surface area contributed by atoms with E-state index in [0.29, 0.717) is 5.69 Å². The van der Waals surface area contributed by atoms with Crippen LogP contribution in [0.3, 0.4) is 0 Å². The third-order valence-corrected chi connectivity index (χ3v) is 4.31. The maximum atomic E-state index is 11.8. The molecule has 1 aromatic rings. The summed E-state index contributed by atoms with van der Waals surface area (Å²) in [5.74, 6) is -1.05. The number of hydrogen-bond acceptors (Lipinski definition) is 3. The summed E-state index contributed by atoms with van der Waals surface area (Å²) in [5, 5.41) is 8.70. The molecular weight excluding hydrogens is 242 g/mol. The lowest BCUT2D eigenvalue weighted by Gasteiger charge is -2.20. The van der Waals surface area contributed by atoms with Crippen molar-refractivity contribution in [3.63, 3.8) is 0 Å². The van der Waals surface area contributed by atoms with Crippen molar-refractivity contribution in [2.45, 2.75) is 25.5 Å². The third-order valence-electron chi connectivity index (χ3n) is 2.19. The number of aromatic carboxylic acids is 1. The molecule has 2 N–H and O–H groups in total. The van der Waals surface area contributed by atoms with Crippen LogP contribution in [0.15, 0.2) is 24.3 Å². The summed E-state index contributed by atoms with van der Waals surface area (Å²) in [4.78, 5) is 10.6. The van der Waals surface area contributed by atoms with Crippen LogP contribution < -0.4 is 4.72 Å². The van der Waals surface area contributed by atoms with Gasteiger partial charge in [-0.1, -0.05) is 0 Å². The fourth-order valence-electron chi connectivity index (χ4n) is 0.989. The highest BCUT2D eigenvalue weighted by atomic mass is 32.2. The smallest absolute Gasteiger partial charge is 0.335 e. The van der Waals surface area contributed by atoms with Crippen molar-refractivity contribution < 1.29 is 18.3 Å². The van der Waals surface area contributed by atoms with Gasteiger partial charge in [-0.3, -0.25) is 4.72 Å². The fourth-order valence-corrected chi connectivity index (χ4v) is 1.74. The van der Waals surface area contributed by atoms with E-state index in [1.165, 1.54) is 24.3 Å².